The van der Waals surface area contributed by atoms with Gasteiger partial charge < -0.3 is 25.6 Å². The Kier molecular flexibility index (Phi) is 11.1. The van der Waals surface area contributed by atoms with E-state index in [0.717, 1.165) is 5.56 Å². The number of ketones is 1. The number of hydrogen-bond donors (Lipinski definition) is 4. The number of benzene rings is 3. The topological polar surface area (TPSA) is 140 Å². The molecule has 0 saturated carbocycles. The molecule has 0 unspecified atom stereocenters. The molecule has 0 aliphatic heterocycles. The van der Waals surface area contributed by atoms with Gasteiger partial charge in [0.2, 0.25) is 5.91 Å². The lowest BCUT2D eigenvalue weighted by atomic mass is 10.0. The number of nitrogen functional groups attached to an aromatic ring is 1. The molecule has 0 saturated heterocycles. The molecule has 3 aromatic rings. The summed E-state index contributed by atoms with van der Waals surface area (Å²) in [4.78, 5) is 36.3. The third-order valence-corrected chi connectivity index (χ3v) is 5.72. The van der Waals surface area contributed by atoms with E-state index in [9.17, 15) is 14.4 Å². The number of unbranched alkanes of at least 4 members (excludes halogenated alkanes) is 1. The summed E-state index contributed by atoms with van der Waals surface area (Å²) in [6, 6.07) is 20.7. The number of allylic oxidation sites excluding steroid dienone is 1. The number of carbonyl (C=O) groups is 3. The maximum atomic E-state index is 12.7. The van der Waals surface area contributed by atoms with Crippen molar-refractivity contribution in [2.45, 2.75) is 32.3 Å². The van der Waals surface area contributed by atoms with Crippen LogP contribution in [0.3, 0.4) is 0 Å². The molecular formula is C30H33N3O6. The van der Waals surface area contributed by atoms with Gasteiger partial charge in [0.05, 0.1) is 18.0 Å². The van der Waals surface area contributed by atoms with Crippen molar-refractivity contribution in [3.63, 3.8) is 0 Å². The predicted octanol–water partition coefficient (Wildman–Crippen LogP) is 5.50. The number of Topliss-reactive ketones (excluding diaryl/α,β-unsaturated/α-hetero) is 1. The number of para-hydroxylation sites is 2. The zero-order valence-corrected chi connectivity index (χ0v) is 21.8. The van der Waals surface area contributed by atoms with E-state index in [0.29, 0.717) is 47.6 Å². The number of ether oxygens (including phenoxy) is 2. The summed E-state index contributed by atoms with van der Waals surface area (Å²) in [6.07, 6.45) is 3.76. The molecule has 0 radical (unpaired) electrons. The number of aliphatic hydroxyl groups is 1. The van der Waals surface area contributed by atoms with Gasteiger partial charge in [-0.15, -0.1) is 0 Å². The second-order valence-corrected chi connectivity index (χ2v) is 8.70. The Morgan fingerprint density at radius 2 is 1.69 bits per heavy atom. The highest BCUT2D eigenvalue weighted by Gasteiger charge is 2.17. The van der Waals surface area contributed by atoms with Crippen LogP contribution in [0.4, 0.5) is 21.9 Å². The van der Waals surface area contributed by atoms with Crippen molar-refractivity contribution < 1.29 is 29.0 Å². The summed E-state index contributed by atoms with van der Waals surface area (Å²) in [5.74, 6) is 0.246. The summed E-state index contributed by atoms with van der Waals surface area (Å²) in [5, 5.41) is 14.4. The summed E-state index contributed by atoms with van der Waals surface area (Å²) < 4.78 is 11.2. The minimum absolute atomic E-state index is 0.0636. The number of carbonyl (C=O) groups excluding carboxylic acids is 3. The lowest BCUT2D eigenvalue weighted by Gasteiger charge is -2.19. The number of nitrogens with one attached hydrogen (secondary N) is 2. The Balaban J connectivity index is 1.59. The van der Waals surface area contributed by atoms with Crippen LogP contribution in [0.25, 0.3) is 0 Å². The van der Waals surface area contributed by atoms with Crippen LogP contribution in [0, 0.1) is 0 Å². The molecule has 0 spiro atoms. The lowest BCUT2D eigenvalue weighted by Crippen LogP contribution is -2.18. The second-order valence-electron chi connectivity index (χ2n) is 8.70. The fourth-order valence-corrected chi connectivity index (χ4v) is 3.70. The van der Waals surface area contributed by atoms with E-state index < -0.39 is 12.2 Å². The van der Waals surface area contributed by atoms with Crippen LogP contribution in [-0.4, -0.2) is 36.1 Å². The molecule has 0 bridgehead atoms. The van der Waals surface area contributed by atoms with Crippen molar-refractivity contribution in [1.82, 2.24) is 0 Å². The van der Waals surface area contributed by atoms with Gasteiger partial charge in [-0.05, 0) is 86.4 Å². The molecule has 9 nitrogen and oxygen atoms in total. The van der Waals surface area contributed by atoms with Gasteiger partial charge >= 0.3 is 6.09 Å². The highest BCUT2D eigenvalue weighted by Crippen LogP contribution is 2.27. The molecule has 5 N–H and O–H groups in total. The van der Waals surface area contributed by atoms with E-state index in [4.69, 9.17) is 20.3 Å². The summed E-state index contributed by atoms with van der Waals surface area (Å²) in [6.45, 7) is 1.56. The average Bonchev–Trinajstić information content (AvgIpc) is 2.93. The molecular weight excluding hydrogens is 498 g/mol. The molecule has 0 aliphatic carbocycles. The normalized spacial score (nSPS) is 11.5. The van der Waals surface area contributed by atoms with Crippen LogP contribution < -0.4 is 21.1 Å². The predicted molar refractivity (Wildman–Crippen MR) is 151 cm³/mol. The number of amides is 2. The monoisotopic (exact) mass is 531 g/mol. The lowest BCUT2D eigenvalue weighted by molar-refractivity contribution is -0.111. The maximum absolute atomic E-state index is 12.7. The quantitative estimate of drug-likeness (QED) is 0.0988. The van der Waals surface area contributed by atoms with E-state index in [2.05, 4.69) is 10.6 Å². The zero-order chi connectivity index (χ0) is 28.0. The summed E-state index contributed by atoms with van der Waals surface area (Å²) in [5.41, 5.74) is 8.71. The first-order valence-corrected chi connectivity index (χ1v) is 12.6. The van der Waals surface area contributed by atoms with E-state index in [1.807, 2.05) is 0 Å². The molecule has 0 aliphatic rings. The molecule has 0 heterocycles. The Morgan fingerprint density at radius 1 is 0.974 bits per heavy atom. The smallest absolute Gasteiger partial charge is 0.412 e. The average molecular weight is 532 g/mol. The minimum atomic E-state index is -0.633. The summed E-state index contributed by atoms with van der Waals surface area (Å²) >= 11 is 0. The molecule has 0 fully saturated rings. The highest BCUT2D eigenvalue weighted by atomic mass is 16.6. The fourth-order valence-electron chi connectivity index (χ4n) is 3.70. The Labute approximate surface area is 227 Å². The van der Waals surface area contributed by atoms with Gasteiger partial charge in [0.15, 0.2) is 5.78 Å². The zero-order valence-electron chi connectivity index (χ0n) is 21.8. The van der Waals surface area contributed by atoms with Gasteiger partial charge in [-0.3, -0.25) is 14.9 Å². The largest absolute Gasteiger partial charge is 0.491 e. The molecule has 9 heteroatoms. The van der Waals surface area contributed by atoms with Crippen molar-refractivity contribution in [1.29, 1.82) is 0 Å². The van der Waals surface area contributed by atoms with Crippen LogP contribution in [-0.2, 0) is 9.53 Å². The number of rotatable bonds is 13. The van der Waals surface area contributed by atoms with Crippen LogP contribution in [0.1, 0.15) is 48.2 Å². The Hall–Kier alpha value is -4.63. The van der Waals surface area contributed by atoms with E-state index in [1.165, 1.54) is 13.0 Å². The molecule has 1 atom stereocenters. The van der Waals surface area contributed by atoms with Crippen molar-refractivity contribution in [3.8, 4) is 5.75 Å². The summed E-state index contributed by atoms with van der Waals surface area (Å²) in [7, 11) is 0. The van der Waals surface area contributed by atoms with E-state index >= 15 is 0 Å². The van der Waals surface area contributed by atoms with E-state index in [-0.39, 0.29) is 24.9 Å². The van der Waals surface area contributed by atoms with Gasteiger partial charge in [-0.1, -0.05) is 30.3 Å². The third-order valence-electron chi connectivity index (χ3n) is 5.72. The van der Waals surface area contributed by atoms with E-state index in [1.54, 1.807) is 78.9 Å². The van der Waals surface area contributed by atoms with Gasteiger partial charge in [0.1, 0.15) is 18.5 Å². The van der Waals surface area contributed by atoms with Gasteiger partial charge in [0, 0.05) is 11.3 Å². The van der Waals surface area contributed by atoms with Gasteiger partial charge in [-0.25, -0.2) is 4.79 Å². The number of anilines is 3. The minimum Gasteiger partial charge on any atom is -0.491 e. The molecule has 39 heavy (non-hydrogen) atoms. The highest BCUT2D eigenvalue weighted by molar-refractivity contribution is 6.01. The molecule has 2 amide bonds. The Morgan fingerprint density at radius 3 is 2.36 bits per heavy atom. The third kappa shape index (κ3) is 9.64. The molecule has 3 aromatic carbocycles. The van der Waals surface area contributed by atoms with Crippen molar-refractivity contribution in [3.05, 3.63) is 96.1 Å². The second kappa shape index (κ2) is 14.9. The first-order chi connectivity index (χ1) is 18.9. The van der Waals surface area contributed by atoms with Crippen LogP contribution in [0.5, 0.6) is 5.75 Å². The van der Waals surface area contributed by atoms with Crippen molar-refractivity contribution in [2.24, 2.45) is 0 Å². The van der Waals surface area contributed by atoms with Gasteiger partial charge in [-0.2, -0.15) is 0 Å². The maximum Gasteiger partial charge on any atom is 0.412 e. The van der Waals surface area contributed by atoms with Crippen LogP contribution in [0.2, 0.25) is 0 Å². The Bertz CT molecular complexity index is 1270. The van der Waals surface area contributed by atoms with Crippen molar-refractivity contribution >= 4 is 34.8 Å². The molecule has 204 valence electrons. The number of hydrogen-bond acceptors (Lipinski definition) is 7. The number of aliphatic hydroxyl groups excluding tert-OH is 1. The van der Waals surface area contributed by atoms with Gasteiger partial charge in [0.25, 0.3) is 0 Å². The first-order valence-electron chi connectivity index (χ1n) is 12.6. The number of nitrogens with two attached hydrogens (primary N) is 1. The van der Waals surface area contributed by atoms with Crippen molar-refractivity contribution in [2.75, 3.05) is 29.6 Å². The first kappa shape index (κ1) is 28.9. The SMILES string of the molecule is CC(=O)c1ccc(NC(=O)O[C@@H](CCC/C=C/C(=O)Nc2ccccc2N)c2ccc(OCCO)cc2)cc1. The fraction of sp³-hybridized carbons (Fsp3) is 0.233. The molecule has 0 aromatic heterocycles. The standard InChI is InChI=1S/C30H33N3O6/c1-21(35)22-11-15-24(16-12-22)32-30(37)39-28(23-13-17-25(18-14-23)38-20-19-34)9-3-2-4-10-29(36)33-27-8-6-5-7-26(27)31/h4-8,10-18,28,34H,2-3,9,19-20,31H2,1H3,(H,32,37)(H,33,36)/b10-4+/t28-/m0/s1. The van der Waals surface area contributed by atoms with Crippen LogP contribution >= 0.6 is 0 Å². The van der Waals surface area contributed by atoms with Crippen LogP contribution in [0.15, 0.2) is 84.9 Å². The molecule has 3 rings (SSSR count).